The fourth-order valence-electron chi connectivity index (χ4n) is 1.73. The van der Waals surface area contributed by atoms with Gasteiger partial charge in [-0.15, -0.1) is 0 Å². The smallest absolute Gasteiger partial charge is 0.144 e. The molecule has 0 amide bonds. The minimum absolute atomic E-state index is 0.552. The lowest BCUT2D eigenvalue weighted by Crippen LogP contribution is -2.02. The highest BCUT2D eigenvalue weighted by Gasteiger charge is 2.10. The molecule has 0 aliphatic rings. The van der Waals surface area contributed by atoms with Crippen LogP contribution < -0.4 is 0 Å². The molecular weight excluding hydrogens is 312 g/mol. The highest BCUT2D eigenvalue weighted by atomic mass is 79.9. The topological polar surface area (TPSA) is 46.5 Å². The number of aromatic nitrogens is 4. The van der Waals surface area contributed by atoms with Crippen LogP contribution in [0.5, 0.6) is 0 Å². The van der Waals surface area contributed by atoms with Crippen molar-refractivity contribution in [3.8, 4) is 11.4 Å². The molecule has 6 heteroatoms. The monoisotopic (exact) mass is 326 g/mol. The van der Waals surface area contributed by atoms with Crippen LogP contribution >= 0.6 is 28.1 Å². The molecule has 2 rings (SSSR count). The summed E-state index contributed by atoms with van der Waals surface area (Å²) >= 11 is 8.78. The quantitative estimate of drug-likeness (QED) is 0.878. The van der Waals surface area contributed by atoms with E-state index in [0.717, 1.165) is 28.0 Å². The van der Waals surface area contributed by atoms with Gasteiger partial charge in [0.2, 0.25) is 0 Å². The third-order valence-corrected chi connectivity index (χ3v) is 3.94. The second-order valence-electron chi connectivity index (χ2n) is 4.68. The molecule has 0 aromatic carbocycles. The van der Waals surface area contributed by atoms with Crippen LogP contribution in [-0.2, 0) is 13.5 Å². The summed E-state index contributed by atoms with van der Waals surface area (Å²) < 4.78 is 3.22. The molecule has 18 heavy (non-hydrogen) atoms. The molecule has 0 saturated carbocycles. The van der Waals surface area contributed by atoms with E-state index in [2.05, 4.69) is 44.8 Å². The molecule has 0 saturated heterocycles. The van der Waals surface area contributed by atoms with Gasteiger partial charge in [0.25, 0.3) is 0 Å². The van der Waals surface area contributed by atoms with Gasteiger partial charge in [0, 0.05) is 18.9 Å². The van der Waals surface area contributed by atoms with Crippen LogP contribution in [0, 0.1) is 10.6 Å². The molecule has 0 fully saturated rings. The first kappa shape index (κ1) is 13.4. The maximum atomic E-state index is 5.28. The number of hydrogen-bond donors (Lipinski definition) is 1. The van der Waals surface area contributed by atoms with Crippen molar-refractivity contribution in [2.75, 3.05) is 0 Å². The van der Waals surface area contributed by atoms with Crippen molar-refractivity contribution in [1.29, 1.82) is 0 Å². The zero-order valence-electron chi connectivity index (χ0n) is 10.6. The van der Waals surface area contributed by atoms with Crippen molar-refractivity contribution in [3.05, 3.63) is 27.2 Å². The average Bonchev–Trinajstić information content (AvgIpc) is 2.70. The Kier molecular flexibility index (Phi) is 3.97. The van der Waals surface area contributed by atoms with Gasteiger partial charge in [0.15, 0.2) is 0 Å². The summed E-state index contributed by atoms with van der Waals surface area (Å²) in [6, 6.07) is 0. The van der Waals surface area contributed by atoms with Gasteiger partial charge in [0.1, 0.15) is 10.5 Å². The van der Waals surface area contributed by atoms with E-state index in [1.165, 1.54) is 0 Å². The predicted octanol–water partition coefficient (Wildman–Crippen LogP) is 3.50. The Balaban J connectivity index is 2.50. The second-order valence-corrected chi connectivity index (χ2v) is 5.86. The largest absolute Gasteiger partial charge is 0.342 e. The van der Waals surface area contributed by atoms with E-state index in [0.29, 0.717) is 10.6 Å². The fraction of sp³-hybridized carbons (Fsp3) is 0.417. The van der Waals surface area contributed by atoms with Gasteiger partial charge in [-0.1, -0.05) is 26.1 Å². The first-order valence-corrected chi connectivity index (χ1v) is 6.95. The molecule has 0 atom stereocenters. The molecule has 0 aliphatic heterocycles. The summed E-state index contributed by atoms with van der Waals surface area (Å²) in [4.78, 5) is 7.72. The number of aryl methyl sites for hydroxylation is 1. The minimum atomic E-state index is 0.552. The van der Waals surface area contributed by atoms with Gasteiger partial charge >= 0.3 is 0 Å². The predicted molar refractivity (Wildman–Crippen MR) is 77.9 cm³/mol. The van der Waals surface area contributed by atoms with Gasteiger partial charge in [-0.2, -0.15) is 5.10 Å². The maximum Gasteiger partial charge on any atom is 0.144 e. The number of rotatable bonds is 3. The van der Waals surface area contributed by atoms with Crippen molar-refractivity contribution in [2.45, 2.75) is 20.3 Å². The van der Waals surface area contributed by atoms with Crippen LogP contribution in [0.2, 0.25) is 0 Å². The zero-order chi connectivity index (χ0) is 13.3. The normalized spacial score (nSPS) is 11.2. The Bertz CT molecular complexity index is 615. The summed E-state index contributed by atoms with van der Waals surface area (Å²) in [5, 5.41) is 4.15. The fourth-order valence-corrected chi connectivity index (χ4v) is 2.30. The van der Waals surface area contributed by atoms with E-state index in [9.17, 15) is 0 Å². The third-order valence-electron chi connectivity index (χ3n) is 2.53. The molecule has 0 spiro atoms. The van der Waals surface area contributed by atoms with Gasteiger partial charge in [-0.25, -0.2) is 4.98 Å². The molecule has 4 nitrogen and oxygen atoms in total. The second kappa shape index (κ2) is 5.32. The number of nitrogens with one attached hydrogen (secondary N) is 1. The SMILES string of the molecule is CC(C)Cc1[nH]c(-c2cnn(C)c2)nc(=S)c1Br. The van der Waals surface area contributed by atoms with E-state index in [1.807, 2.05) is 13.2 Å². The Morgan fingerprint density at radius 2 is 2.22 bits per heavy atom. The van der Waals surface area contributed by atoms with Crippen molar-refractivity contribution in [3.63, 3.8) is 0 Å². The number of H-pyrrole nitrogens is 1. The van der Waals surface area contributed by atoms with Gasteiger partial charge in [-0.3, -0.25) is 4.68 Å². The van der Waals surface area contributed by atoms with Crippen LogP contribution in [0.15, 0.2) is 16.9 Å². The number of hydrogen-bond acceptors (Lipinski definition) is 3. The lowest BCUT2D eigenvalue weighted by molar-refractivity contribution is 0.632. The van der Waals surface area contributed by atoms with Crippen LogP contribution in [0.1, 0.15) is 19.5 Å². The van der Waals surface area contributed by atoms with Crippen molar-refractivity contribution < 1.29 is 0 Å². The van der Waals surface area contributed by atoms with Gasteiger partial charge in [-0.05, 0) is 28.3 Å². The summed E-state index contributed by atoms with van der Waals surface area (Å²) in [7, 11) is 1.88. The van der Waals surface area contributed by atoms with Gasteiger partial charge in [0.05, 0.1) is 16.2 Å². The standard InChI is InChI=1S/C12H15BrN4S/c1-7(2)4-9-10(13)12(18)16-11(15-9)8-5-14-17(3)6-8/h5-7H,4H2,1-3H3,(H,15,16,18). The molecule has 2 heterocycles. The lowest BCUT2D eigenvalue weighted by Gasteiger charge is -2.09. The summed E-state index contributed by atoms with van der Waals surface area (Å²) in [6.07, 6.45) is 4.63. The highest BCUT2D eigenvalue weighted by molar-refractivity contribution is 9.10. The van der Waals surface area contributed by atoms with Crippen molar-refractivity contribution in [2.24, 2.45) is 13.0 Å². The van der Waals surface area contributed by atoms with Crippen LogP contribution in [0.4, 0.5) is 0 Å². The molecule has 1 N–H and O–H groups in total. The molecule has 0 unspecified atom stereocenters. The van der Waals surface area contributed by atoms with E-state index in [-0.39, 0.29) is 0 Å². The van der Waals surface area contributed by atoms with Crippen LogP contribution in [0.25, 0.3) is 11.4 Å². The average molecular weight is 327 g/mol. The first-order valence-electron chi connectivity index (χ1n) is 5.75. The molecule has 2 aromatic rings. The van der Waals surface area contributed by atoms with E-state index in [4.69, 9.17) is 12.2 Å². The van der Waals surface area contributed by atoms with E-state index in [1.54, 1.807) is 10.9 Å². The highest BCUT2D eigenvalue weighted by Crippen LogP contribution is 2.22. The Morgan fingerprint density at radius 3 is 2.78 bits per heavy atom. The Labute approximate surface area is 120 Å². The number of aromatic amines is 1. The summed E-state index contributed by atoms with van der Waals surface area (Å²) in [5.74, 6) is 1.32. The molecule has 0 aliphatic carbocycles. The maximum absolute atomic E-state index is 5.28. The first-order chi connectivity index (χ1) is 8.47. The summed E-state index contributed by atoms with van der Waals surface area (Å²) in [6.45, 7) is 4.35. The zero-order valence-corrected chi connectivity index (χ0v) is 13.0. The van der Waals surface area contributed by atoms with Crippen LogP contribution in [-0.4, -0.2) is 19.7 Å². The van der Waals surface area contributed by atoms with E-state index >= 15 is 0 Å². The molecule has 96 valence electrons. The third kappa shape index (κ3) is 2.87. The Morgan fingerprint density at radius 1 is 1.50 bits per heavy atom. The van der Waals surface area contributed by atoms with E-state index < -0.39 is 0 Å². The molecular formula is C12H15BrN4S. The Hall–Kier alpha value is -1.01. The molecule has 0 radical (unpaired) electrons. The van der Waals surface area contributed by atoms with Crippen molar-refractivity contribution in [1.82, 2.24) is 19.7 Å². The van der Waals surface area contributed by atoms with Crippen LogP contribution in [0.3, 0.4) is 0 Å². The molecule has 0 bridgehead atoms. The number of nitrogens with zero attached hydrogens (tertiary/aromatic N) is 3. The summed E-state index contributed by atoms with van der Waals surface area (Å²) in [5.41, 5.74) is 2.03. The minimum Gasteiger partial charge on any atom is -0.342 e. The number of halogens is 1. The van der Waals surface area contributed by atoms with Crippen molar-refractivity contribution >= 4 is 28.1 Å². The molecule has 2 aromatic heterocycles. The van der Waals surface area contributed by atoms with Gasteiger partial charge < -0.3 is 4.98 Å². The lowest BCUT2D eigenvalue weighted by atomic mass is 10.1.